The Morgan fingerprint density at radius 2 is 2.19 bits per heavy atom. The van der Waals surface area contributed by atoms with Crippen molar-refractivity contribution >= 4 is 34.4 Å². The highest BCUT2D eigenvalue weighted by Crippen LogP contribution is 2.39. The van der Waals surface area contributed by atoms with E-state index in [0.717, 1.165) is 28.6 Å². The highest BCUT2D eigenvalue weighted by molar-refractivity contribution is 6.30. The minimum atomic E-state index is -0.387. The molecule has 6 heteroatoms. The Balaban J connectivity index is 2.02. The second kappa shape index (κ2) is 6.35. The summed E-state index contributed by atoms with van der Waals surface area (Å²) in [6.07, 6.45) is 4.30. The molecule has 5 nitrogen and oxygen atoms in total. The van der Waals surface area contributed by atoms with Crippen molar-refractivity contribution < 1.29 is 9.50 Å². The van der Waals surface area contributed by atoms with Gasteiger partial charge >= 0.3 is 0 Å². The number of hydrogen-bond donors (Lipinski definition) is 0. The van der Waals surface area contributed by atoms with E-state index in [1.54, 1.807) is 12.1 Å². The third kappa shape index (κ3) is 2.57. The quantitative estimate of drug-likeness (QED) is 0.302. The van der Waals surface area contributed by atoms with Crippen LogP contribution in [-0.2, 0) is 6.42 Å². The number of nitro benzene ring substituents is 1. The molecule has 130 valence electrons. The molecule has 3 aromatic rings. The van der Waals surface area contributed by atoms with Crippen LogP contribution in [0.2, 0.25) is 5.02 Å². The molecule has 1 aromatic heterocycles. The zero-order chi connectivity index (χ0) is 18.3. The fourth-order valence-corrected chi connectivity index (χ4v) is 3.66. The highest BCUT2D eigenvalue weighted by Gasteiger charge is 2.32. The Labute approximate surface area is 155 Å². The normalized spacial score (nSPS) is 15.3. The number of nitrogens with zero attached hydrogens (tertiary/aromatic N) is 3. The maximum Gasteiger partial charge on any atom is 0.219 e. The van der Waals surface area contributed by atoms with Crippen molar-refractivity contribution in [2.24, 2.45) is 0 Å². The van der Waals surface area contributed by atoms with E-state index in [1.165, 1.54) is 12.1 Å². The lowest BCUT2D eigenvalue weighted by atomic mass is 9.92. The Hall–Kier alpha value is -3.05. The minimum absolute atomic E-state index is 0.00627. The minimum Gasteiger partial charge on any atom is -0.335 e. The van der Waals surface area contributed by atoms with Crippen LogP contribution in [0.15, 0.2) is 55.1 Å². The molecule has 2 heterocycles. The predicted molar refractivity (Wildman–Crippen MR) is 102 cm³/mol. The Morgan fingerprint density at radius 1 is 1.35 bits per heavy atom. The van der Waals surface area contributed by atoms with Gasteiger partial charge in [-0.05, 0) is 24.1 Å². The van der Waals surface area contributed by atoms with Crippen molar-refractivity contribution in [1.29, 1.82) is 0 Å². The molecule has 1 aliphatic rings. The van der Waals surface area contributed by atoms with E-state index in [4.69, 9.17) is 16.6 Å². The molecule has 0 atom stereocenters. The van der Waals surface area contributed by atoms with Gasteiger partial charge in [0.25, 0.3) is 0 Å². The summed E-state index contributed by atoms with van der Waals surface area (Å²) in [5.74, 6) is 0. The first-order valence-corrected chi connectivity index (χ1v) is 8.56. The summed E-state index contributed by atoms with van der Waals surface area (Å²) < 4.78 is 1.96. The fraction of sp³-hybridized carbons (Fsp3) is 0.100. The van der Waals surface area contributed by atoms with E-state index >= 15 is 0 Å². The molecular weight excluding hydrogens is 350 g/mol. The molecule has 0 aliphatic carbocycles. The van der Waals surface area contributed by atoms with Crippen LogP contribution in [0.5, 0.6) is 0 Å². The molecule has 0 N–H and O–H groups in total. The van der Waals surface area contributed by atoms with Crippen LogP contribution in [-0.4, -0.2) is 27.2 Å². The molecule has 2 aromatic carbocycles. The average Bonchev–Trinajstić information content (AvgIpc) is 3.00. The first-order chi connectivity index (χ1) is 12.6. The molecule has 0 unspecified atom stereocenters. The zero-order valence-corrected chi connectivity index (χ0v) is 14.6. The number of halogens is 1. The van der Waals surface area contributed by atoms with E-state index in [-0.39, 0.29) is 10.6 Å². The van der Waals surface area contributed by atoms with Crippen LogP contribution < -0.4 is 0 Å². The maximum atomic E-state index is 11.6. The smallest absolute Gasteiger partial charge is 0.219 e. The SMILES string of the molecule is C=CC=[N+]1CCc2c(n[c-]3ccccc23)[C-]1c1cc(Cl)ccc1[N+](=O)[O-]. The molecule has 0 radical (unpaired) electrons. The lowest BCUT2D eigenvalue weighted by molar-refractivity contribution is -0.501. The topological polar surface area (TPSA) is 59.0 Å². The molecule has 0 saturated heterocycles. The van der Waals surface area contributed by atoms with Crippen molar-refractivity contribution in [3.63, 3.8) is 0 Å². The Kier molecular flexibility index (Phi) is 4.01. The van der Waals surface area contributed by atoms with Crippen molar-refractivity contribution in [1.82, 2.24) is 4.98 Å². The second-order valence-corrected chi connectivity index (χ2v) is 6.49. The van der Waals surface area contributed by atoms with Gasteiger partial charge in [-0.3, -0.25) is 14.7 Å². The summed E-state index contributed by atoms with van der Waals surface area (Å²) >= 11 is 6.17. The number of nitro groups is 1. The van der Waals surface area contributed by atoms with Gasteiger partial charge in [0, 0.05) is 21.2 Å². The molecule has 0 fully saturated rings. The Bertz CT molecular complexity index is 1070. The van der Waals surface area contributed by atoms with Crippen molar-refractivity contribution in [3.8, 4) is 0 Å². The van der Waals surface area contributed by atoms with Crippen LogP contribution in [0.25, 0.3) is 10.9 Å². The van der Waals surface area contributed by atoms with Gasteiger partial charge in [-0.25, -0.2) is 0 Å². The van der Waals surface area contributed by atoms with Crippen LogP contribution >= 0.6 is 11.6 Å². The first kappa shape index (κ1) is 16.4. The summed E-state index contributed by atoms with van der Waals surface area (Å²) in [7, 11) is 0. The number of para-hydroxylation sites is 1. The van der Waals surface area contributed by atoms with Gasteiger partial charge in [0.1, 0.15) is 18.8 Å². The van der Waals surface area contributed by atoms with Crippen LogP contribution in [0.3, 0.4) is 0 Å². The van der Waals surface area contributed by atoms with Crippen LogP contribution in [0, 0.1) is 16.2 Å². The third-order valence-electron chi connectivity index (χ3n) is 4.56. The van der Waals surface area contributed by atoms with Gasteiger partial charge < -0.3 is 4.98 Å². The van der Waals surface area contributed by atoms with Gasteiger partial charge in [-0.1, -0.05) is 23.7 Å². The van der Waals surface area contributed by atoms with E-state index in [1.807, 2.05) is 35.1 Å². The molecule has 26 heavy (non-hydrogen) atoms. The number of rotatable bonds is 3. The van der Waals surface area contributed by atoms with Crippen LogP contribution in [0.4, 0.5) is 5.69 Å². The van der Waals surface area contributed by atoms with E-state index in [2.05, 4.69) is 6.58 Å². The van der Waals surface area contributed by atoms with Crippen molar-refractivity contribution in [2.45, 2.75) is 6.42 Å². The van der Waals surface area contributed by atoms with Crippen molar-refractivity contribution in [3.05, 3.63) is 93.1 Å². The van der Waals surface area contributed by atoms with Gasteiger partial charge in [0.15, 0.2) is 0 Å². The molecule has 4 rings (SSSR count). The molecule has 1 aliphatic heterocycles. The maximum absolute atomic E-state index is 11.6. The standard InChI is InChI=1S/C20H15ClN3O2/c1-2-10-23-11-9-15-14-5-3-4-6-17(14)22-19(15)20(23)16-12-13(21)7-8-18(16)24(25)26/h2-8,10,12H,1,9,11H2/q-1. The van der Waals surface area contributed by atoms with Crippen LogP contribution in [0.1, 0.15) is 16.8 Å². The lowest BCUT2D eigenvalue weighted by Gasteiger charge is -2.28. The highest BCUT2D eigenvalue weighted by atomic mass is 35.5. The Morgan fingerprint density at radius 3 is 2.96 bits per heavy atom. The predicted octanol–water partition coefficient (Wildman–Crippen LogP) is 4.27. The summed E-state index contributed by atoms with van der Waals surface area (Å²) in [5.41, 5.74) is 3.23. The summed E-state index contributed by atoms with van der Waals surface area (Å²) in [4.78, 5) is 16.0. The summed E-state index contributed by atoms with van der Waals surface area (Å²) in [6.45, 7) is 4.45. The van der Waals surface area contributed by atoms with E-state index in [0.29, 0.717) is 23.2 Å². The van der Waals surface area contributed by atoms with E-state index < -0.39 is 0 Å². The molecule has 0 spiro atoms. The number of hydrogen-bond acceptors (Lipinski definition) is 3. The first-order valence-electron chi connectivity index (χ1n) is 8.18. The van der Waals surface area contributed by atoms with Gasteiger partial charge in [0.2, 0.25) is 5.69 Å². The zero-order valence-electron chi connectivity index (χ0n) is 13.9. The summed E-state index contributed by atoms with van der Waals surface area (Å²) in [6, 6.07) is 13.2. The number of fused-ring (bicyclic) bond motifs is 3. The van der Waals surface area contributed by atoms with E-state index in [9.17, 15) is 10.1 Å². The average molecular weight is 365 g/mol. The second-order valence-electron chi connectivity index (χ2n) is 6.05. The number of aromatic nitrogens is 1. The molecule has 0 bridgehead atoms. The van der Waals surface area contributed by atoms with Crippen molar-refractivity contribution in [2.75, 3.05) is 6.54 Å². The summed E-state index contributed by atoms with van der Waals surface area (Å²) in [5, 5.41) is 13.1. The van der Waals surface area contributed by atoms with Gasteiger partial charge in [-0.2, -0.15) is 0 Å². The molecule has 0 saturated carbocycles. The van der Waals surface area contributed by atoms with Gasteiger partial charge in [0.05, 0.1) is 0 Å². The molecular formula is C20H15ClN3O2-. The lowest BCUT2D eigenvalue weighted by Crippen LogP contribution is -2.30. The van der Waals surface area contributed by atoms with Gasteiger partial charge in [-0.15, -0.1) is 41.8 Å². The monoisotopic (exact) mass is 364 g/mol. The number of benzene rings is 2. The largest absolute Gasteiger partial charge is 0.335 e. The fourth-order valence-electron chi connectivity index (χ4n) is 3.49. The molecule has 0 amide bonds. The number of allylic oxidation sites excluding steroid dienone is 1. The third-order valence-corrected chi connectivity index (χ3v) is 4.79.